The van der Waals surface area contributed by atoms with E-state index in [4.69, 9.17) is 4.52 Å². The van der Waals surface area contributed by atoms with Crippen molar-refractivity contribution in [1.29, 1.82) is 0 Å². The average molecular weight is 327 g/mol. The van der Waals surface area contributed by atoms with Crippen LogP contribution in [0.5, 0.6) is 0 Å². The van der Waals surface area contributed by atoms with Crippen molar-refractivity contribution in [2.24, 2.45) is 0 Å². The predicted octanol–water partition coefficient (Wildman–Crippen LogP) is 2.22. The van der Waals surface area contributed by atoms with Gasteiger partial charge in [0.2, 0.25) is 0 Å². The van der Waals surface area contributed by atoms with E-state index in [2.05, 4.69) is 20.1 Å². The monoisotopic (exact) mass is 327 g/mol. The first-order valence-electron chi connectivity index (χ1n) is 7.24. The van der Waals surface area contributed by atoms with Crippen LogP contribution in [-0.4, -0.2) is 44.0 Å². The molecule has 8 heteroatoms. The van der Waals surface area contributed by atoms with Gasteiger partial charge in [-0.25, -0.2) is 4.98 Å². The molecule has 0 N–H and O–H groups in total. The molecule has 116 valence electrons. The van der Waals surface area contributed by atoms with Gasteiger partial charge in [-0.3, -0.25) is 9.78 Å². The highest BCUT2D eigenvalue weighted by molar-refractivity contribution is 7.12. The normalized spacial score (nSPS) is 17.6. The van der Waals surface area contributed by atoms with Crippen molar-refractivity contribution in [2.45, 2.75) is 12.3 Å². The van der Waals surface area contributed by atoms with E-state index in [1.54, 1.807) is 18.6 Å². The van der Waals surface area contributed by atoms with Crippen LogP contribution in [0, 0.1) is 0 Å². The number of nitrogens with zero attached hydrogens (tertiary/aromatic N) is 5. The average Bonchev–Trinajstić information content (AvgIpc) is 3.35. The van der Waals surface area contributed by atoms with Crippen LogP contribution >= 0.6 is 11.3 Å². The molecule has 0 aromatic carbocycles. The van der Waals surface area contributed by atoms with Gasteiger partial charge in [-0.2, -0.15) is 4.98 Å². The Labute approximate surface area is 136 Å². The van der Waals surface area contributed by atoms with Crippen molar-refractivity contribution in [3.05, 3.63) is 46.8 Å². The van der Waals surface area contributed by atoms with Gasteiger partial charge < -0.3 is 9.42 Å². The number of hydrogen-bond donors (Lipinski definition) is 0. The molecule has 0 radical (unpaired) electrons. The van der Waals surface area contributed by atoms with Crippen LogP contribution in [0.3, 0.4) is 0 Å². The SMILES string of the molecule is O=C(c1cccs1)N1CCC(c2noc(-c3cnccn3)n2)C1. The van der Waals surface area contributed by atoms with Crippen LogP contribution in [0.15, 0.2) is 40.6 Å². The Bertz CT molecular complexity index is 802. The molecule has 23 heavy (non-hydrogen) atoms. The zero-order chi connectivity index (χ0) is 15.6. The van der Waals surface area contributed by atoms with E-state index >= 15 is 0 Å². The Hall–Kier alpha value is -2.61. The third kappa shape index (κ3) is 2.72. The lowest BCUT2D eigenvalue weighted by Gasteiger charge is -2.14. The molecule has 1 aliphatic rings. The van der Waals surface area contributed by atoms with Crippen molar-refractivity contribution < 1.29 is 9.32 Å². The first-order valence-corrected chi connectivity index (χ1v) is 8.12. The van der Waals surface area contributed by atoms with E-state index in [0.717, 1.165) is 11.3 Å². The molecule has 0 bridgehead atoms. The Kier molecular flexibility index (Phi) is 3.58. The van der Waals surface area contributed by atoms with Crippen LogP contribution in [0.25, 0.3) is 11.6 Å². The van der Waals surface area contributed by atoms with Gasteiger partial charge in [0.15, 0.2) is 5.82 Å². The molecule has 3 aromatic rings. The Balaban J connectivity index is 1.48. The zero-order valence-electron chi connectivity index (χ0n) is 12.1. The first kappa shape index (κ1) is 14.0. The fourth-order valence-electron chi connectivity index (χ4n) is 2.63. The summed E-state index contributed by atoms with van der Waals surface area (Å²) < 4.78 is 5.27. The van der Waals surface area contributed by atoms with E-state index in [1.165, 1.54) is 11.3 Å². The van der Waals surface area contributed by atoms with Gasteiger partial charge in [0.1, 0.15) is 5.69 Å². The van der Waals surface area contributed by atoms with Gasteiger partial charge in [0.05, 0.1) is 11.1 Å². The third-order valence-electron chi connectivity index (χ3n) is 3.80. The fourth-order valence-corrected chi connectivity index (χ4v) is 3.32. The molecule has 7 nitrogen and oxygen atoms in total. The Morgan fingerprint density at radius 3 is 3.13 bits per heavy atom. The van der Waals surface area contributed by atoms with Gasteiger partial charge >= 0.3 is 0 Å². The molecule has 0 aliphatic carbocycles. The Morgan fingerprint density at radius 2 is 2.35 bits per heavy atom. The van der Waals surface area contributed by atoms with Crippen LogP contribution in [0.1, 0.15) is 27.8 Å². The van der Waals surface area contributed by atoms with E-state index in [-0.39, 0.29) is 11.8 Å². The summed E-state index contributed by atoms with van der Waals surface area (Å²) in [6.07, 6.45) is 5.58. The van der Waals surface area contributed by atoms with Crippen LogP contribution in [-0.2, 0) is 0 Å². The highest BCUT2D eigenvalue weighted by Gasteiger charge is 2.31. The molecule has 1 atom stereocenters. The predicted molar refractivity (Wildman–Crippen MR) is 82.9 cm³/mol. The second-order valence-electron chi connectivity index (χ2n) is 5.26. The highest BCUT2D eigenvalue weighted by atomic mass is 32.1. The molecule has 4 rings (SSSR count). The van der Waals surface area contributed by atoms with Crippen molar-refractivity contribution >= 4 is 17.2 Å². The standard InChI is InChI=1S/C15H13N5O2S/c21-15(12-2-1-7-23-12)20-6-3-10(9-20)13-18-14(22-19-13)11-8-16-4-5-17-11/h1-2,4-5,7-8,10H,3,6,9H2. The van der Waals surface area contributed by atoms with Crippen LogP contribution in [0.4, 0.5) is 0 Å². The van der Waals surface area contributed by atoms with Crippen LogP contribution < -0.4 is 0 Å². The summed E-state index contributed by atoms with van der Waals surface area (Å²) in [5, 5.41) is 5.95. The summed E-state index contributed by atoms with van der Waals surface area (Å²) in [6, 6.07) is 3.73. The lowest BCUT2D eigenvalue weighted by atomic mass is 10.1. The molecule has 4 heterocycles. The lowest BCUT2D eigenvalue weighted by Crippen LogP contribution is -2.27. The summed E-state index contributed by atoms with van der Waals surface area (Å²) in [6.45, 7) is 1.31. The number of amides is 1. The molecular weight excluding hydrogens is 314 g/mol. The van der Waals surface area contributed by atoms with E-state index in [9.17, 15) is 4.79 Å². The number of aromatic nitrogens is 4. The van der Waals surface area contributed by atoms with Crippen LogP contribution in [0.2, 0.25) is 0 Å². The van der Waals surface area contributed by atoms with Gasteiger partial charge in [-0.05, 0) is 17.9 Å². The molecule has 1 unspecified atom stereocenters. The number of carbonyl (C=O) groups excluding carboxylic acids is 1. The minimum absolute atomic E-state index is 0.0696. The molecule has 0 saturated carbocycles. The molecule has 1 fully saturated rings. The topological polar surface area (TPSA) is 85.0 Å². The first-order chi connectivity index (χ1) is 11.3. The molecule has 0 spiro atoms. The number of rotatable bonds is 3. The second-order valence-corrected chi connectivity index (χ2v) is 6.21. The number of carbonyl (C=O) groups is 1. The van der Waals surface area contributed by atoms with Gasteiger partial charge in [-0.15, -0.1) is 11.3 Å². The molecule has 1 aliphatic heterocycles. The maximum absolute atomic E-state index is 12.4. The maximum atomic E-state index is 12.4. The zero-order valence-corrected chi connectivity index (χ0v) is 12.9. The fraction of sp³-hybridized carbons (Fsp3) is 0.267. The number of likely N-dealkylation sites (tertiary alicyclic amines) is 1. The second kappa shape index (κ2) is 5.88. The largest absolute Gasteiger partial charge is 0.337 e. The van der Waals surface area contributed by atoms with Gasteiger partial charge in [0, 0.05) is 31.4 Å². The van der Waals surface area contributed by atoms with Crippen molar-refractivity contribution in [3.63, 3.8) is 0 Å². The summed E-state index contributed by atoms with van der Waals surface area (Å²) in [7, 11) is 0. The summed E-state index contributed by atoms with van der Waals surface area (Å²) in [5.74, 6) is 1.14. The van der Waals surface area contributed by atoms with Crippen molar-refractivity contribution in [2.75, 3.05) is 13.1 Å². The highest BCUT2D eigenvalue weighted by Crippen LogP contribution is 2.28. The lowest BCUT2D eigenvalue weighted by molar-refractivity contribution is 0.0795. The summed E-state index contributed by atoms with van der Waals surface area (Å²) in [5.41, 5.74) is 0.552. The van der Waals surface area contributed by atoms with Gasteiger partial charge in [0.25, 0.3) is 11.8 Å². The quantitative estimate of drug-likeness (QED) is 0.733. The molecule has 3 aromatic heterocycles. The van der Waals surface area contributed by atoms with Crippen molar-refractivity contribution in [3.8, 4) is 11.6 Å². The van der Waals surface area contributed by atoms with E-state index < -0.39 is 0 Å². The van der Waals surface area contributed by atoms with Crippen molar-refractivity contribution in [1.82, 2.24) is 25.0 Å². The third-order valence-corrected chi connectivity index (χ3v) is 4.65. The maximum Gasteiger partial charge on any atom is 0.278 e. The number of thiophene rings is 1. The number of hydrogen-bond acceptors (Lipinski definition) is 7. The van der Waals surface area contributed by atoms with E-state index in [0.29, 0.717) is 30.5 Å². The summed E-state index contributed by atoms with van der Waals surface area (Å²) >= 11 is 1.46. The Morgan fingerprint density at radius 1 is 1.39 bits per heavy atom. The minimum Gasteiger partial charge on any atom is -0.337 e. The molecule has 1 amide bonds. The smallest absolute Gasteiger partial charge is 0.278 e. The molecule has 1 saturated heterocycles. The summed E-state index contributed by atoms with van der Waals surface area (Å²) in [4.78, 5) is 27.5. The van der Waals surface area contributed by atoms with E-state index in [1.807, 2.05) is 22.4 Å². The minimum atomic E-state index is 0.0696. The molecular formula is C15H13N5O2S. The van der Waals surface area contributed by atoms with Gasteiger partial charge in [-0.1, -0.05) is 11.2 Å².